The molecule has 0 saturated carbocycles. The van der Waals surface area contributed by atoms with Gasteiger partial charge in [-0.3, -0.25) is 4.90 Å². The molecule has 2 fully saturated rings. The predicted octanol–water partition coefficient (Wildman–Crippen LogP) is 2.16. The number of anilines is 1. The van der Waals surface area contributed by atoms with E-state index in [-0.39, 0.29) is 0 Å². The Kier molecular flexibility index (Phi) is 2.70. The zero-order valence-electron chi connectivity index (χ0n) is 11.0. The quantitative estimate of drug-likeness (QED) is 0.858. The Labute approximate surface area is 117 Å². The highest BCUT2D eigenvalue weighted by Gasteiger charge is 2.43. The summed E-state index contributed by atoms with van der Waals surface area (Å²) < 4.78 is 1.06. The van der Waals surface area contributed by atoms with Crippen LogP contribution in [-0.4, -0.2) is 46.6 Å². The molecule has 2 aromatic rings. The van der Waals surface area contributed by atoms with Crippen LogP contribution >= 0.6 is 11.3 Å². The van der Waals surface area contributed by atoms with Crippen LogP contribution in [0.2, 0.25) is 0 Å². The highest BCUT2D eigenvalue weighted by Crippen LogP contribution is 2.33. The minimum Gasteiger partial charge on any atom is -0.335 e. The lowest BCUT2D eigenvalue weighted by atomic mass is 10.2. The van der Waals surface area contributed by atoms with Crippen LogP contribution in [0.1, 0.15) is 19.8 Å². The van der Waals surface area contributed by atoms with Crippen molar-refractivity contribution in [1.82, 2.24) is 14.9 Å². The van der Waals surface area contributed by atoms with Gasteiger partial charge in [0.05, 0.1) is 10.2 Å². The van der Waals surface area contributed by atoms with E-state index in [1.165, 1.54) is 25.9 Å². The second-order valence-electron chi connectivity index (χ2n) is 5.46. The Morgan fingerprint density at radius 2 is 2.37 bits per heavy atom. The zero-order valence-corrected chi connectivity index (χ0v) is 11.9. The number of piperazine rings is 1. The lowest BCUT2D eigenvalue weighted by Gasteiger charge is -2.33. The predicted molar refractivity (Wildman–Crippen MR) is 77.7 cm³/mol. The first-order valence-corrected chi connectivity index (χ1v) is 7.86. The summed E-state index contributed by atoms with van der Waals surface area (Å²) in [5.41, 5.74) is 1.03. The Balaban J connectivity index is 1.58. The number of likely N-dealkylation sites (tertiary alicyclic amines) is 1. The first-order valence-electron chi connectivity index (χ1n) is 6.99. The average molecular weight is 273 g/mol. The van der Waals surface area contributed by atoms with Gasteiger partial charge < -0.3 is 4.90 Å². The van der Waals surface area contributed by atoms with Gasteiger partial charge in [-0.1, -0.05) is 6.92 Å². The van der Waals surface area contributed by atoms with Crippen molar-refractivity contribution in [2.75, 3.05) is 24.5 Å². The number of thiophene rings is 1. The molecule has 2 saturated heterocycles. The molecule has 0 aliphatic carbocycles. The van der Waals surface area contributed by atoms with Crippen LogP contribution in [0.5, 0.6) is 0 Å². The maximum atomic E-state index is 4.68. The van der Waals surface area contributed by atoms with Crippen LogP contribution in [0.15, 0.2) is 11.4 Å². The summed E-state index contributed by atoms with van der Waals surface area (Å²) in [5, 5.41) is 2.05. The van der Waals surface area contributed by atoms with E-state index in [0.29, 0.717) is 12.1 Å². The number of aromatic nitrogens is 2. The maximum absolute atomic E-state index is 4.68. The highest BCUT2D eigenvalue weighted by atomic mass is 32.1. The van der Waals surface area contributed by atoms with Crippen LogP contribution in [0.3, 0.4) is 0 Å². The van der Waals surface area contributed by atoms with Crippen LogP contribution in [-0.2, 0) is 0 Å². The van der Waals surface area contributed by atoms with Gasteiger partial charge in [-0.15, -0.1) is 11.3 Å². The standard InChI is InChI=1S/C14H17N4S/c1-2-4-17-8-11-6-10(17)9-18(11)14-15-7-13-12(16-14)3-5-19-13/h3,5,10-11H,2,4,6,8-9H2,1H3/t10-,11-/m0/s1. The summed E-state index contributed by atoms with van der Waals surface area (Å²) in [6, 6.07) is 3.35. The number of hydrogen-bond donors (Lipinski definition) is 0. The molecule has 0 unspecified atom stereocenters. The SMILES string of the molecule is CCCN1C[C@@H]2C[C@H]1CN2c1n[c]c2sccc2n1. The van der Waals surface area contributed by atoms with Crippen molar-refractivity contribution in [3.63, 3.8) is 0 Å². The topological polar surface area (TPSA) is 32.3 Å². The van der Waals surface area contributed by atoms with Crippen molar-refractivity contribution in [3.05, 3.63) is 17.6 Å². The summed E-state index contributed by atoms with van der Waals surface area (Å²) in [7, 11) is 0. The van der Waals surface area contributed by atoms with Crippen molar-refractivity contribution in [2.24, 2.45) is 0 Å². The molecule has 2 atom stereocenters. The van der Waals surface area contributed by atoms with Gasteiger partial charge in [0.2, 0.25) is 5.95 Å². The molecule has 2 aromatic heterocycles. The number of fused-ring (bicyclic) bond motifs is 3. The molecule has 4 heterocycles. The van der Waals surface area contributed by atoms with E-state index >= 15 is 0 Å². The van der Waals surface area contributed by atoms with Crippen molar-refractivity contribution < 1.29 is 0 Å². The maximum Gasteiger partial charge on any atom is 0.226 e. The number of rotatable bonds is 3. The molecule has 2 aliphatic heterocycles. The fourth-order valence-corrected chi connectivity index (χ4v) is 4.06. The Morgan fingerprint density at radius 3 is 3.16 bits per heavy atom. The molecule has 0 spiro atoms. The molecule has 99 valence electrons. The third-order valence-corrected chi connectivity index (χ3v) is 5.05. The molecule has 1 radical (unpaired) electrons. The number of nitrogens with zero attached hydrogens (tertiary/aromatic N) is 4. The first-order chi connectivity index (χ1) is 9.35. The van der Waals surface area contributed by atoms with Gasteiger partial charge >= 0.3 is 0 Å². The third-order valence-electron chi connectivity index (χ3n) is 4.24. The lowest BCUT2D eigenvalue weighted by Crippen LogP contribution is -2.47. The van der Waals surface area contributed by atoms with Crippen molar-refractivity contribution in [1.29, 1.82) is 0 Å². The van der Waals surface area contributed by atoms with Gasteiger partial charge in [-0.25, -0.2) is 9.97 Å². The van der Waals surface area contributed by atoms with Gasteiger partial charge in [-0.2, -0.15) is 0 Å². The minimum absolute atomic E-state index is 0.598. The van der Waals surface area contributed by atoms with Crippen molar-refractivity contribution in [3.8, 4) is 0 Å². The summed E-state index contributed by atoms with van der Waals surface area (Å²) in [6.45, 7) is 5.73. The van der Waals surface area contributed by atoms with Crippen LogP contribution in [0, 0.1) is 6.20 Å². The molecule has 4 rings (SSSR count). The highest BCUT2D eigenvalue weighted by molar-refractivity contribution is 7.17. The second kappa shape index (κ2) is 4.42. The normalized spacial score (nSPS) is 26.7. The monoisotopic (exact) mass is 273 g/mol. The third kappa shape index (κ3) is 1.83. The Bertz CT molecular complexity index is 596. The van der Waals surface area contributed by atoms with Gasteiger partial charge in [0.1, 0.15) is 6.20 Å². The molecule has 19 heavy (non-hydrogen) atoms. The van der Waals surface area contributed by atoms with Gasteiger partial charge in [-0.05, 0) is 30.8 Å². The molecule has 5 heteroatoms. The molecule has 4 nitrogen and oxygen atoms in total. The fraction of sp³-hybridized carbons (Fsp3) is 0.571. The summed E-state index contributed by atoms with van der Waals surface area (Å²) in [5.74, 6) is 0.870. The summed E-state index contributed by atoms with van der Waals surface area (Å²) in [6.07, 6.45) is 5.64. The van der Waals surface area contributed by atoms with Crippen molar-refractivity contribution >= 4 is 27.5 Å². The smallest absolute Gasteiger partial charge is 0.226 e. The van der Waals surface area contributed by atoms with Crippen molar-refractivity contribution in [2.45, 2.75) is 31.8 Å². The van der Waals surface area contributed by atoms with Gasteiger partial charge in [0.25, 0.3) is 0 Å². The van der Waals surface area contributed by atoms with E-state index in [9.17, 15) is 0 Å². The largest absolute Gasteiger partial charge is 0.335 e. The molecule has 2 bridgehead atoms. The second-order valence-corrected chi connectivity index (χ2v) is 6.38. The number of hydrogen-bond acceptors (Lipinski definition) is 5. The van der Waals surface area contributed by atoms with E-state index in [0.717, 1.165) is 22.7 Å². The molecule has 2 aliphatic rings. The van der Waals surface area contributed by atoms with Crippen LogP contribution in [0.25, 0.3) is 10.2 Å². The molecule has 0 amide bonds. The van der Waals surface area contributed by atoms with E-state index < -0.39 is 0 Å². The van der Waals surface area contributed by atoms with E-state index in [1.54, 1.807) is 11.3 Å². The molecule has 0 aromatic carbocycles. The molecular weight excluding hydrogens is 256 g/mol. The van der Waals surface area contributed by atoms with E-state index in [2.05, 4.69) is 44.3 Å². The molecular formula is C14H17N4S. The van der Waals surface area contributed by atoms with Gasteiger partial charge in [0, 0.05) is 25.2 Å². The minimum atomic E-state index is 0.598. The lowest BCUT2D eigenvalue weighted by molar-refractivity contribution is 0.238. The van der Waals surface area contributed by atoms with E-state index in [1.807, 2.05) is 0 Å². The first kappa shape index (κ1) is 11.6. The average Bonchev–Trinajstić information content (AvgIpc) is 3.12. The summed E-state index contributed by atoms with van der Waals surface area (Å²) in [4.78, 5) is 14.1. The zero-order chi connectivity index (χ0) is 12.8. The van der Waals surface area contributed by atoms with E-state index in [4.69, 9.17) is 0 Å². The summed E-state index contributed by atoms with van der Waals surface area (Å²) >= 11 is 1.65. The van der Waals surface area contributed by atoms with Gasteiger partial charge in [0.15, 0.2) is 0 Å². The van der Waals surface area contributed by atoms with Crippen LogP contribution in [0.4, 0.5) is 5.95 Å². The Hall–Kier alpha value is -1.20. The van der Waals surface area contributed by atoms with Crippen LogP contribution < -0.4 is 4.90 Å². The molecule has 0 N–H and O–H groups in total. The fourth-order valence-electron chi connectivity index (χ4n) is 3.39. The Morgan fingerprint density at radius 1 is 1.42 bits per heavy atom.